The minimum Gasteiger partial charge on any atom is -0.327 e. The zero-order chi connectivity index (χ0) is 22.1. The van der Waals surface area contributed by atoms with Crippen LogP contribution in [-0.4, -0.2) is 41.0 Å². The molecule has 0 aliphatic heterocycles. The van der Waals surface area contributed by atoms with Crippen LogP contribution >= 0.6 is 0 Å². The van der Waals surface area contributed by atoms with Gasteiger partial charge in [-0.05, 0) is 23.8 Å². The highest BCUT2D eigenvalue weighted by Crippen LogP contribution is 2.24. The third kappa shape index (κ3) is 4.33. The predicted molar refractivity (Wildman–Crippen MR) is 102 cm³/mol. The predicted octanol–water partition coefficient (Wildman–Crippen LogP) is 1.82. The second-order valence-corrected chi connectivity index (χ2v) is 8.37. The van der Waals surface area contributed by atoms with Gasteiger partial charge >= 0.3 is 5.69 Å². The van der Waals surface area contributed by atoms with Gasteiger partial charge in [0.2, 0.25) is 0 Å². The average molecular weight is 439 g/mol. The maximum absolute atomic E-state index is 14.8. The van der Waals surface area contributed by atoms with E-state index in [2.05, 4.69) is 15.2 Å². The molecule has 3 aromatic rings. The number of aromatic nitrogens is 4. The SMILES string of the molecule is CS(=O)(=O)c1ccc(-c2cnc(-n3c(CC(CN)=C(F)F)n[nH]c3=O)c(F)c2)cc1. The lowest BCUT2D eigenvalue weighted by atomic mass is 10.1. The Hall–Kier alpha value is -3.25. The number of benzene rings is 1. The lowest BCUT2D eigenvalue weighted by Gasteiger charge is -2.09. The topological polar surface area (TPSA) is 124 Å². The van der Waals surface area contributed by atoms with E-state index in [1.54, 1.807) is 0 Å². The van der Waals surface area contributed by atoms with Gasteiger partial charge in [-0.25, -0.2) is 32.3 Å². The fourth-order valence-corrected chi connectivity index (χ4v) is 3.35. The molecule has 0 spiro atoms. The largest absolute Gasteiger partial charge is 0.349 e. The Bertz CT molecular complexity index is 1280. The van der Waals surface area contributed by atoms with Crippen molar-refractivity contribution in [3.05, 3.63) is 70.3 Å². The van der Waals surface area contributed by atoms with Crippen LogP contribution in [0.1, 0.15) is 5.82 Å². The molecule has 0 fully saturated rings. The highest BCUT2D eigenvalue weighted by atomic mass is 32.2. The monoisotopic (exact) mass is 439 g/mol. The van der Waals surface area contributed by atoms with Crippen LogP contribution < -0.4 is 11.4 Å². The highest BCUT2D eigenvalue weighted by molar-refractivity contribution is 7.90. The van der Waals surface area contributed by atoms with Crippen LogP contribution in [0, 0.1) is 5.82 Å². The number of sulfone groups is 1. The van der Waals surface area contributed by atoms with Crippen LogP contribution in [0.2, 0.25) is 0 Å². The minimum absolute atomic E-state index is 0.106. The van der Waals surface area contributed by atoms with Gasteiger partial charge in [0.15, 0.2) is 21.5 Å². The van der Waals surface area contributed by atoms with Crippen LogP contribution in [0.3, 0.4) is 0 Å². The number of nitrogens with one attached hydrogen (secondary N) is 1. The van der Waals surface area contributed by atoms with Gasteiger partial charge in [0, 0.05) is 36.6 Å². The van der Waals surface area contributed by atoms with Crippen molar-refractivity contribution in [3.8, 4) is 16.9 Å². The molecule has 0 saturated heterocycles. The van der Waals surface area contributed by atoms with E-state index in [0.29, 0.717) is 11.1 Å². The molecule has 0 radical (unpaired) electrons. The van der Waals surface area contributed by atoms with Gasteiger partial charge < -0.3 is 5.73 Å². The molecule has 12 heteroatoms. The summed E-state index contributed by atoms with van der Waals surface area (Å²) in [6.45, 7) is -0.457. The third-order valence-electron chi connectivity index (χ3n) is 4.28. The number of H-pyrrole nitrogens is 1. The molecule has 158 valence electrons. The van der Waals surface area contributed by atoms with Crippen molar-refractivity contribution in [1.29, 1.82) is 0 Å². The molecule has 30 heavy (non-hydrogen) atoms. The van der Waals surface area contributed by atoms with E-state index < -0.39 is 51.8 Å². The number of aromatic amines is 1. The summed E-state index contributed by atoms with van der Waals surface area (Å²) >= 11 is 0. The first-order valence-electron chi connectivity index (χ1n) is 8.47. The minimum atomic E-state index is -3.38. The van der Waals surface area contributed by atoms with Crippen LogP contribution in [0.15, 0.2) is 57.9 Å². The van der Waals surface area contributed by atoms with Gasteiger partial charge in [0.25, 0.3) is 6.08 Å². The maximum Gasteiger partial charge on any atom is 0.349 e. The lowest BCUT2D eigenvalue weighted by Crippen LogP contribution is -2.20. The molecule has 0 aliphatic rings. The molecular weight excluding hydrogens is 423 g/mol. The summed E-state index contributed by atoms with van der Waals surface area (Å²) < 4.78 is 64.4. The van der Waals surface area contributed by atoms with Gasteiger partial charge in [-0.2, -0.15) is 13.9 Å². The van der Waals surface area contributed by atoms with E-state index in [-0.39, 0.29) is 10.7 Å². The molecule has 0 amide bonds. The van der Waals surface area contributed by atoms with Gasteiger partial charge in [0.05, 0.1) is 4.90 Å². The fourth-order valence-electron chi connectivity index (χ4n) is 2.72. The van der Waals surface area contributed by atoms with E-state index in [0.717, 1.165) is 16.9 Å². The van der Waals surface area contributed by atoms with Crippen molar-refractivity contribution in [3.63, 3.8) is 0 Å². The first-order valence-corrected chi connectivity index (χ1v) is 10.4. The fraction of sp³-hybridized carbons (Fsp3) is 0.167. The number of halogens is 3. The third-order valence-corrected chi connectivity index (χ3v) is 5.40. The summed E-state index contributed by atoms with van der Waals surface area (Å²) in [4.78, 5) is 16.1. The summed E-state index contributed by atoms with van der Waals surface area (Å²) in [5.41, 5.74) is 4.80. The van der Waals surface area contributed by atoms with Gasteiger partial charge in [-0.15, -0.1) is 0 Å². The average Bonchev–Trinajstić information content (AvgIpc) is 3.05. The number of hydrogen-bond donors (Lipinski definition) is 2. The summed E-state index contributed by atoms with van der Waals surface area (Å²) in [7, 11) is -3.38. The van der Waals surface area contributed by atoms with Crippen molar-refractivity contribution < 1.29 is 21.6 Å². The normalized spacial score (nSPS) is 11.5. The summed E-state index contributed by atoms with van der Waals surface area (Å²) in [5, 5.41) is 5.74. The van der Waals surface area contributed by atoms with Gasteiger partial charge in [-0.3, -0.25) is 0 Å². The zero-order valence-electron chi connectivity index (χ0n) is 15.6. The first-order chi connectivity index (χ1) is 14.1. The number of nitrogens with two attached hydrogens (primary N) is 1. The molecule has 0 atom stereocenters. The molecule has 3 N–H and O–H groups in total. The summed E-state index contributed by atoms with van der Waals surface area (Å²) in [6.07, 6.45) is -0.126. The highest BCUT2D eigenvalue weighted by Gasteiger charge is 2.19. The molecule has 0 unspecified atom stereocenters. The van der Waals surface area contributed by atoms with E-state index in [4.69, 9.17) is 5.73 Å². The molecule has 3 rings (SSSR count). The van der Waals surface area contributed by atoms with Gasteiger partial charge in [0.1, 0.15) is 5.82 Å². The Morgan fingerprint density at radius 2 is 1.87 bits per heavy atom. The van der Waals surface area contributed by atoms with Crippen molar-refractivity contribution >= 4 is 9.84 Å². The van der Waals surface area contributed by atoms with Gasteiger partial charge in [-0.1, -0.05) is 12.1 Å². The Balaban J connectivity index is 2.00. The smallest absolute Gasteiger partial charge is 0.327 e. The Kier molecular flexibility index (Phi) is 5.89. The molecule has 0 bridgehead atoms. The van der Waals surface area contributed by atoms with Crippen LogP contribution in [0.5, 0.6) is 0 Å². The zero-order valence-corrected chi connectivity index (χ0v) is 16.4. The van der Waals surface area contributed by atoms with Crippen LogP contribution in [-0.2, 0) is 16.3 Å². The first kappa shape index (κ1) is 21.5. The Labute approximate surface area is 168 Å². The molecule has 1 aromatic carbocycles. The molecule has 0 aliphatic carbocycles. The van der Waals surface area contributed by atoms with E-state index in [1.165, 1.54) is 30.5 Å². The van der Waals surface area contributed by atoms with Crippen molar-refractivity contribution in [1.82, 2.24) is 19.7 Å². The second kappa shape index (κ2) is 8.24. The molecule has 0 saturated carbocycles. The number of nitrogens with zero attached hydrogens (tertiary/aromatic N) is 3. The molecule has 8 nitrogen and oxygen atoms in total. The summed E-state index contributed by atoms with van der Waals surface area (Å²) in [5.74, 6) is -1.50. The molecule has 2 heterocycles. The van der Waals surface area contributed by atoms with Crippen molar-refractivity contribution in [2.75, 3.05) is 12.8 Å². The number of rotatable bonds is 6. The van der Waals surface area contributed by atoms with E-state index in [9.17, 15) is 26.4 Å². The maximum atomic E-state index is 14.8. The molecular formula is C18H16F3N5O3S. The van der Waals surface area contributed by atoms with E-state index >= 15 is 0 Å². The van der Waals surface area contributed by atoms with E-state index in [1.807, 2.05) is 0 Å². The standard InChI is InChI=1S/C18H16F3N5O3S/c1-30(28,29)13-4-2-10(3-5-13)12-6-14(19)17(23-9-12)26-15(24-25-18(26)27)7-11(8-22)16(20)21/h2-6,9H,7-8,22H2,1H3,(H,25,27). The number of hydrogen-bond acceptors (Lipinski definition) is 6. The number of pyridine rings is 1. The van der Waals surface area contributed by atoms with Crippen LogP contribution in [0.4, 0.5) is 13.2 Å². The lowest BCUT2D eigenvalue weighted by molar-refractivity contribution is 0.407. The van der Waals surface area contributed by atoms with Crippen molar-refractivity contribution in [2.45, 2.75) is 11.3 Å². The Morgan fingerprint density at radius 1 is 1.20 bits per heavy atom. The Morgan fingerprint density at radius 3 is 2.40 bits per heavy atom. The summed E-state index contributed by atoms with van der Waals surface area (Å²) in [6, 6.07) is 6.83. The molecule has 2 aromatic heterocycles. The second-order valence-electron chi connectivity index (χ2n) is 6.35. The van der Waals surface area contributed by atoms with Crippen LogP contribution in [0.25, 0.3) is 16.9 Å². The van der Waals surface area contributed by atoms with Crippen molar-refractivity contribution in [2.24, 2.45) is 5.73 Å². The quantitative estimate of drug-likeness (QED) is 0.604.